The zero-order valence-electron chi connectivity index (χ0n) is 9.14. The van der Waals surface area contributed by atoms with E-state index in [1.165, 1.54) is 0 Å². The minimum Gasteiger partial charge on any atom is -0.381 e. The van der Waals surface area contributed by atoms with Gasteiger partial charge in [0.2, 0.25) is 0 Å². The van der Waals surface area contributed by atoms with Gasteiger partial charge in [0.15, 0.2) is 11.6 Å². The zero-order chi connectivity index (χ0) is 12.0. The van der Waals surface area contributed by atoms with Gasteiger partial charge in [0.25, 0.3) is 0 Å². The number of nitrogens with zero attached hydrogens (tertiary/aromatic N) is 2. The van der Waals surface area contributed by atoms with E-state index >= 15 is 0 Å². The number of aromatic nitrogens is 2. The average Bonchev–Trinajstić information content (AvgIpc) is 2.85. The van der Waals surface area contributed by atoms with Gasteiger partial charge in [-0.2, -0.15) is 0 Å². The van der Waals surface area contributed by atoms with Gasteiger partial charge < -0.3 is 14.8 Å². The lowest BCUT2D eigenvalue weighted by molar-refractivity contribution is 0.436. The number of anilines is 1. The van der Waals surface area contributed by atoms with Crippen molar-refractivity contribution in [1.29, 1.82) is 0 Å². The summed E-state index contributed by atoms with van der Waals surface area (Å²) in [4.78, 5) is 0. The summed E-state index contributed by atoms with van der Waals surface area (Å²) in [5.41, 5.74) is 7.50. The lowest BCUT2D eigenvalue weighted by Gasteiger charge is -1.97. The van der Waals surface area contributed by atoms with Crippen molar-refractivity contribution in [3.8, 4) is 11.3 Å². The molecule has 0 bridgehead atoms. The van der Waals surface area contributed by atoms with Crippen LogP contribution in [0.1, 0.15) is 0 Å². The molecule has 4 nitrogen and oxygen atoms in total. The molecule has 2 aromatic heterocycles. The monoisotopic (exact) mass is 247 g/mol. The van der Waals surface area contributed by atoms with Gasteiger partial charge in [0.1, 0.15) is 0 Å². The van der Waals surface area contributed by atoms with E-state index in [0.717, 1.165) is 16.5 Å². The molecule has 0 aliphatic heterocycles. The van der Waals surface area contributed by atoms with Crippen molar-refractivity contribution in [3.05, 3.63) is 35.5 Å². The Morgan fingerprint density at radius 2 is 2.24 bits per heavy atom. The molecule has 86 valence electrons. The van der Waals surface area contributed by atoms with Crippen molar-refractivity contribution in [2.75, 3.05) is 5.73 Å². The van der Waals surface area contributed by atoms with Gasteiger partial charge in [-0.1, -0.05) is 22.8 Å². The van der Waals surface area contributed by atoms with Crippen LogP contribution in [0.5, 0.6) is 0 Å². The van der Waals surface area contributed by atoms with Gasteiger partial charge in [-0.15, -0.1) is 0 Å². The molecule has 0 radical (unpaired) electrons. The summed E-state index contributed by atoms with van der Waals surface area (Å²) in [5, 5.41) is 5.33. The fourth-order valence-electron chi connectivity index (χ4n) is 2.00. The molecular formula is C12H10ClN3O. The first-order valence-corrected chi connectivity index (χ1v) is 5.50. The van der Waals surface area contributed by atoms with E-state index in [1.54, 1.807) is 6.07 Å². The summed E-state index contributed by atoms with van der Waals surface area (Å²) < 4.78 is 7.18. The van der Waals surface area contributed by atoms with Crippen molar-refractivity contribution in [3.63, 3.8) is 0 Å². The van der Waals surface area contributed by atoms with E-state index in [9.17, 15) is 0 Å². The van der Waals surface area contributed by atoms with Crippen molar-refractivity contribution < 1.29 is 4.52 Å². The number of hydrogen-bond donors (Lipinski definition) is 1. The molecule has 0 fully saturated rings. The summed E-state index contributed by atoms with van der Waals surface area (Å²) in [6.45, 7) is 0. The van der Waals surface area contributed by atoms with Crippen LogP contribution in [0.4, 0.5) is 5.82 Å². The van der Waals surface area contributed by atoms with Crippen LogP contribution >= 0.6 is 11.6 Å². The standard InChI is InChI=1S/C12H10ClN3O/c1-16-6-7(10-5-11(14)15-17-10)12-8(13)3-2-4-9(12)16/h2-6H,1H3,(H2,14,15). The first-order valence-electron chi connectivity index (χ1n) is 5.13. The number of halogens is 1. The third-order valence-corrected chi connectivity index (χ3v) is 3.07. The molecule has 0 aliphatic rings. The van der Waals surface area contributed by atoms with Crippen molar-refractivity contribution in [2.24, 2.45) is 7.05 Å². The largest absolute Gasteiger partial charge is 0.381 e. The lowest BCUT2D eigenvalue weighted by Crippen LogP contribution is -1.82. The molecule has 3 rings (SSSR count). The molecular weight excluding hydrogens is 238 g/mol. The molecule has 2 heterocycles. The first-order chi connectivity index (χ1) is 8.16. The number of nitrogen functional groups attached to an aromatic ring is 1. The number of aryl methyl sites for hydroxylation is 1. The maximum Gasteiger partial charge on any atom is 0.171 e. The minimum atomic E-state index is 0.365. The summed E-state index contributed by atoms with van der Waals surface area (Å²) >= 11 is 6.23. The average molecular weight is 248 g/mol. The molecule has 1 aromatic carbocycles. The Kier molecular flexibility index (Phi) is 2.12. The van der Waals surface area contributed by atoms with Crippen LogP contribution in [0.2, 0.25) is 5.02 Å². The van der Waals surface area contributed by atoms with Gasteiger partial charge >= 0.3 is 0 Å². The Bertz CT molecular complexity index is 699. The van der Waals surface area contributed by atoms with Crippen LogP contribution in [0.3, 0.4) is 0 Å². The highest BCUT2D eigenvalue weighted by Crippen LogP contribution is 2.35. The van der Waals surface area contributed by atoms with Crippen molar-refractivity contribution in [2.45, 2.75) is 0 Å². The Morgan fingerprint density at radius 1 is 1.41 bits per heavy atom. The maximum atomic E-state index is 6.23. The molecule has 3 aromatic rings. The van der Waals surface area contributed by atoms with E-state index in [1.807, 2.05) is 36.0 Å². The van der Waals surface area contributed by atoms with Crippen LogP contribution in [-0.4, -0.2) is 9.72 Å². The topological polar surface area (TPSA) is 57.0 Å². The normalized spacial score (nSPS) is 11.2. The molecule has 0 atom stereocenters. The molecule has 0 amide bonds. The molecule has 5 heteroatoms. The summed E-state index contributed by atoms with van der Waals surface area (Å²) in [7, 11) is 1.96. The minimum absolute atomic E-state index is 0.365. The van der Waals surface area contributed by atoms with Crippen molar-refractivity contribution >= 4 is 28.3 Å². The van der Waals surface area contributed by atoms with Gasteiger partial charge in [-0.05, 0) is 12.1 Å². The second-order valence-corrected chi connectivity index (χ2v) is 4.31. The molecule has 0 spiro atoms. The molecule has 0 unspecified atom stereocenters. The number of benzene rings is 1. The van der Waals surface area contributed by atoms with E-state index in [2.05, 4.69) is 5.16 Å². The number of fused-ring (bicyclic) bond motifs is 1. The van der Waals surface area contributed by atoms with Crippen LogP contribution in [0, 0.1) is 0 Å². The predicted octanol–water partition coefficient (Wildman–Crippen LogP) is 3.07. The Labute approximate surface area is 103 Å². The van der Waals surface area contributed by atoms with Crippen LogP contribution in [-0.2, 0) is 7.05 Å². The van der Waals surface area contributed by atoms with E-state index in [-0.39, 0.29) is 0 Å². The molecule has 2 N–H and O–H groups in total. The van der Waals surface area contributed by atoms with Crippen LogP contribution in [0.15, 0.2) is 35.0 Å². The second-order valence-electron chi connectivity index (χ2n) is 3.90. The Morgan fingerprint density at radius 3 is 2.94 bits per heavy atom. The number of hydrogen-bond acceptors (Lipinski definition) is 3. The summed E-state index contributed by atoms with van der Waals surface area (Å²) in [5.74, 6) is 0.991. The molecule has 0 aliphatic carbocycles. The highest BCUT2D eigenvalue weighted by atomic mass is 35.5. The summed E-state index contributed by atoms with van der Waals surface area (Å²) in [6.07, 6.45) is 1.95. The first kappa shape index (κ1) is 10.2. The van der Waals surface area contributed by atoms with E-state index in [0.29, 0.717) is 16.6 Å². The molecule has 17 heavy (non-hydrogen) atoms. The van der Waals surface area contributed by atoms with Gasteiger partial charge in [0.05, 0.1) is 10.5 Å². The maximum absolute atomic E-state index is 6.23. The van der Waals surface area contributed by atoms with Gasteiger partial charge in [-0.3, -0.25) is 0 Å². The third kappa shape index (κ3) is 1.49. The smallest absolute Gasteiger partial charge is 0.171 e. The lowest BCUT2D eigenvalue weighted by atomic mass is 10.1. The number of nitrogens with two attached hydrogens (primary N) is 1. The van der Waals surface area contributed by atoms with Crippen LogP contribution in [0.25, 0.3) is 22.2 Å². The third-order valence-electron chi connectivity index (χ3n) is 2.76. The Hall–Kier alpha value is -1.94. The predicted molar refractivity (Wildman–Crippen MR) is 67.8 cm³/mol. The zero-order valence-corrected chi connectivity index (χ0v) is 9.90. The SMILES string of the molecule is Cn1cc(-c2cc(N)no2)c2c(Cl)cccc21. The van der Waals surface area contributed by atoms with Crippen LogP contribution < -0.4 is 5.73 Å². The fraction of sp³-hybridized carbons (Fsp3) is 0.0833. The highest BCUT2D eigenvalue weighted by Gasteiger charge is 2.14. The van der Waals surface area contributed by atoms with E-state index in [4.69, 9.17) is 21.9 Å². The highest BCUT2D eigenvalue weighted by molar-refractivity contribution is 6.36. The van der Waals surface area contributed by atoms with E-state index < -0.39 is 0 Å². The summed E-state index contributed by atoms with van der Waals surface area (Å²) in [6, 6.07) is 7.47. The Balaban J connectivity index is 2.37. The van der Waals surface area contributed by atoms with Gasteiger partial charge in [-0.25, -0.2) is 0 Å². The van der Waals surface area contributed by atoms with Crippen molar-refractivity contribution in [1.82, 2.24) is 9.72 Å². The van der Waals surface area contributed by atoms with Gasteiger partial charge in [0, 0.05) is 30.3 Å². The quantitative estimate of drug-likeness (QED) is 0.719. The second kappa shape index (κ2) is 3.53. The molecule has 0 saturated heterocycles. The fourth-order valence-corrected chi connectivity index (χ4v) is 2.28. The molecule has 0 saturated carbocycles. The number of rotatable bonds is 1.